The molecule has 0 unspecified atom stereocenters. The minimum atomic E-state index is 0.463. The molecule has 0 aromatic heterocycles. The Morgan fingerprint density at radius 1 is 1.53 bits per heavy atom. The van der Waals surface area contributed by atoms with Crippen LogP contribution in [0.4, 0.5) is 5.69 Å². The van der Waals surface area contributed by atoms with Crippen molar-refractivity contribution in [2.75, 3.05) is 11.9 Å². The Labute approximate surface area is 104 Å². The molecule has 0 bridgehead atoms. The fraction of sp³-hybridized carbons (Fsp3) is 0.364. The molecule has 0 aliphatic heterocycles. The molecule has 0 saturated heterocycles. The SMILES string of the molecule is CN(c1cc(Br)ccc1C(N)=S)C1CC1. The van der Waals surface area contributed by atoms with E-state index in [-0.39, 0.29) is 0 Å². The van der Waals surface area contributed by atoms with E-state index >= 15 is 0 Å². The Hall–Kier alpha value is -0.610. The summed E-state index contributed by atoms with van der Waals surface area (Å²) in [5.41, 5.74) is 7.80. The van der Waals surface area contributed by atoms with Gasteiger partial charge in [0.25, 0.3) is 0 Å². The van der Waals surface area contributed by atoms with Crippen molar-refractivity contribution in [1.82, 2.24) is 0 Å². The molecule has 0 spiro atoms. The summed E-state index contributed by atoms with van der Waals surface area (Å²) >= 11 is 8.53. The van der Waals surface area contributed by atoms with Crippen LogP contribution in [0.1, 0.15) is 18.4 Å². The Morgan fingerprint density at radius 3 is 2.73 bits per heavy atom. The standard InChI is InChI=1S/C11H13BrN2S/c1-14(8-3-4-8)10-6-7(12)2-5-9(10)11(13)15/h2,5-6,8H,3-4H2,1H3,(H2,13,15). The number of rotatable bonds is 3. The third-order valence-corrected chi connectivity index (χ3v) is 3.41. The number of hydrogen-bond donors (Lipinski definition) is 1. The second-order valence-electron chi connectivity index (χ2n) is 3.87. The lowest BCUT2D eigenvalue weighted by Crippen LogP contribution is -2.23. The number of hydrogen-bond acceptors (Lipinski definition) is 2. The monoisotopic (exact) mass is 284 g/mol. The van der Waals surface area contributed by atoms with E-state index in [9.17, 15) is 0 Å². The van der Waals surface area contributed by atoms with E-state index in [0.29, 0.717) is 11.0 Å². The first-order valence-corrected chi connectivity index (χ1v) is 6.12. The van der Waals surface area contributed by atoms with Crippen molar-refractivity contribution in [1.29, 1.82) is 0 Å². The van der Waals surface area contributed by atoms with Crippen molar-refractivity contribution in [2.45, 2.75) is 18.9 Å². The van der Waals surface area contributed by atoms with E-state index in [4.69, 9.17) is 18.0 Å². The van der Waals surface area contributed by atoms with Gasteiger partial charge in [-0.05, 0) is 31.0 Å². The lowest BCUT2D eigenvalue weighted by atomic mass is 10.1. The van der Waals surface area contributed by atoms with Crippen molar-refractivity contribution in [2.24, 2.45) is 5.73 Å². The van der Waals surface area contributed by atoms with Crippen LogP contribution >= 0.6 is 28.1 Å². The summed E-state index contributed by atoms with van der Waals surface area (Å²) in [5, 5.41) is 0. The molecule has 1 fully saturated rings. The Kier molecular flexibility index (Phi) is 2.98. The molecule has 1 aliphatic rings. The normalized spacial score (nSPS) is 15.1. The molecule has 2 rings (SSSR count). The van der Waals surface area contributed by atoms with Crippen LogP contribution in [0, 0.1) is 0 Å². The fourth-order valence-corrected chi connectivity index (χ4v) is 2.19. The number of benzene rings is 1. The fourth-order valence-electron chi connectivity index (χ4n) is 1.66. The molecule has 0 radical (unpaired) electrons. The van der Waals surface area contributed by atoms with Gasteiger partial charge in [0.1, 0.15) is 4.99 Å². The van der Waals surface area contributed by atoms with Crippen LogP contribution in [0.5, 0.6) is 0 Å². The summed E-state index contributed by atoms with van der Waals surface area (Å²) in [4.78, 5) is 2.73. The summed E-state index contributed by atoms with van der Waals surface area (Å²) in [6.45, 7) is 0. The van der Waals surface area contributed by atoms with Crippen LogP contribution in [0.3, 0.4) is 0 Å². The van der Waals surface area contributed by atoms with Crippen molar-refractivity contribution in [3.8, 4) is 0 Å². The molecule has 1 aromatic carbocycles. The van der Waals surface area contributed by atoms with E-state index < -0.39 is 0 Å². The Bertz CT molecular complexity index is 402. The molecular weight excluding hydrogens is 272 g/mol. The minimum Gasteiger partial charge on any atom is -0.389 e. The van der Waals surface area contributed by atoms with Crippen molar-refractivity contribution >= 4 is 38.8 Å². The molecule has 80 valence electrons. The van der Waals surface area contributed by atoms with Crippen LogP contribution in [-0.2, 0) is 0 Å². The van der Waals surface area contributed by atoms with E-state index in [1.54, 1.807) is 0 Å². The maximum atomic E-state index is 5.71. The molecule has 4 heteroatoms. The summed E-state index contributed by atoms with van der Waals surface area (Å²) in [5.74, 6) is 0. The molecule has 0 atom stereocenters. The number of nitrogens with two attached hydrogens (primary N) is 1. The first kappa shape index (κ1) is 10.9. The van der Waals surface area contributed by atoms with Gasteiger partial charge in [-0.2, -0.15) is 0 Å². The van der Waals surface area contributed by atoms with E-state index in [1.807, 2.05) is 12.1 Å². The van der Waals surface area contributed by atoms with Crippen molar-refractivity contribution < 1.29 is 0 Å². The predicted molar refractivity (Wildman–Crippen MR) is 71.5 cm³/mol. The van der Waals surface area contributed by atoms with Crippen LogP contribution in [0.25, 0.3) is 0 Å². The van der Waals surface area contributed by atoms with Crippen molar-refractivity contribution in [3.63, 3.8) is 0 Å². The maximum Gasteiger partial charge on any atom is 0.106 e. The van der Waals surface area contributed by atoms with Crippen LogP contribution in [0.15, 0.2) is 22.7 Å². The molecule has 0 amide bonds. The second kappa shape index (κ2) is 4.10. The highest BCUT2D eigenvalue weighted by Crippen LogP contribution is 2.33. The van der Waals surface area contributed by atoms with E-state index in [1.165, 1.54) is 12.8 Å². The summed E-state index contributed by atoms with van der Waals surface area (Å²) in [7, 11) is 2.10. The quantitative estimate of drug-likeness (QED) is 0.866. The number of thiocarbonyl (C=S) groups is 1. The van der Waals surface area contributed by atoms with Crippen LogP contribution in [0.2, 0.25) is 0 Å². The Balaban J connectivity index is 2.41. The lowest BCUT2D eigenvalue weighted by Gasteiger charge is -2.22. The third kappa shape index (κ3) is 2.32. The third-order valence-electron chi connectivity index (χ3n) is 2.70. The average molecular weight is 285 g/mol. The van der Waals surface area contributed by atoms with Gasteiger partial charge in [0.15, 0.2) is 0 Å². The molecule has 1 aliphatic carbocycles. The van der Waals surface area contributed by atoms with Gasteiger partial charge < -0.3 is 10.6 Å². The highest BCUT2D eigenvalue weighted by Gasteiger charge is 2.28. The van der Waals surface area contributed by atoms with Gasteiger partial charge in [-0.15, -0.1) is 0 Å². The number of anilines is 1. The van der Waals surface area contributed by atoms with Gasteiger partial charge in [0.05, 0.1) is 0 Å². The zero-order chi connectivity index (χ0) is 11.0. The number of halogens is 1. The summed E-state index contributed by atoms with van der Waals surface area (Å²) in [6.07, 6.45) is 2.53. The van der Waals surface area contributed by atoms with Gasteiger partial charge >= 0.3 is 0 Å². The van der Waals surface area contributed by atoms with Gasteiger partial charge in [0, 0.05) is 28.8 Å². The van der Waals surface area contributed by atoms with Crippen molar-refractivity contribution in [3.05, 3.63) is 28.2 Å². The summed E-state index contributed by atoms with van der Waals surface area (Å²) < 4.78 is 1.06. The highest BCUT2D eigenvalue weighted by atomic mass is 79.9. The second-order valence-corrected chi connectivity index (χ2v) is 5.22. The minimum absolute atomic E-state index is 0.463. The van der Waals surface area contributed by atoms with E-state index in [2.05, 4.69) is 33.9 Å². The largest absolute Gasteiger partial charge is 0.389 e. The van der Waals surface area contributed by atoms with E-state index in [0.717, 1.165) is 15.7 Å². The molecule has 1 saturated carbocycles. The average Bonchev–Trinajstić information content (AvgIpc) is 2.99. The first-order chi connectivity index (χ1) is 7.09. The molecule has 2 N–H and O–H groups in total. The van der Waals surface area contributed by atoms with Gasteiger partial charge in [-0.25, -0.2) is 0 Å². The lowest BCUT2D eigenvalue weighted by molar-refractivity contribution is 0.915. The first-order valence-electron chi connectivity index (χ1n) is 4.92. The molecular formula is C11H13BrN2S. The molecule has 15 heavy (non-hydrogen) atoms. The maximum absolute atomic E-state index is 5.71. The molecule has 0 heterocycles. The smallest absolute Gasteiger partial charge is 0.106 e. The number of nitrogens with zero attached hydrogens (tertiary/aromatic N) is 1. The van der Waals surface area contributed by atoms with Gasteiger partial charge in [-0.1, -0.05) is 28.1 Å². The van der Waals surface area contributed by atoms with Gasteiger partial charge in [0.2, 0.25) is 0 Å². The summed E-state index contributed by atoms with van der Waals surface area (Å²) in [6, 6.07) is 6.68. The Morgan fingerprint density at radius 2 is 2.20 bits per heavy atom. The topological polar surface area (TPSA) is 29.3 Å². The molecule has 1 aromatic rings. The predicted octanol–water partition coefficient (Wildman–Crippen LogP) is 2.68. The highest BCUT2D eigenvalue weighted by molar-refractivity contribution is 9.10. The van der Waals surface area contributed by atoms with Crippen LogP contribution < -0.4 is 10.6 Å². The zero-order valence-corrected chi connectivity index (χ0v) is 10.9. The van der Waals surface area contributed by atoms with Gasteiger partial charge in [-0.3, -0.25) is 0 Å². The molecule has 2 nitrogen and oxygen atoms in total. The van der Waals surface area contributed by atoms with Crippen LogP contribution in [-0.4, -0.2) is 18.1 Å². The zero-order valence-electron chi connectivity index (χ0n) is 8.53.